The van der Waals surface area contributed by atoms with Gasteiger partial charge in [-0.3, -0.25) is 0 Å². The van der Waals surface area contributed by atoms with Crippen molar-refractivity contribution in [3.8, 4) is 5.75 Å². The number of amides is 2. The average Bonchev–Trinajstić information content (AvgIpc) is 3.71. The Morgan fingerprint density at radius 2 is 1.24 bits per heavy atom. The molecule has 6 heteroatoms. The Balaban J connectivity index is 1.40. The number of hydrogen-bond donors (Lipinski definition) is 2. The maximum atomic E-state index is 15.0. The van der Waals surface area contributed by atoms with Gasteiger partial charge in [0.2, 0.25) is 0 Å². The second-order valence-corrected chi connectivity index (χ2v) is 15.9. The van der Waals surface area contributed by atoms with Gasteiger partial charge in [-0.15, -0.1) is 0 Å². The number of nitrogens with one attached hydrogen (secondary N) is 1. The molecule has 0 spiro atoms. The summed E-state index contributed by atoms with van der Waals surface area (Å²) in [4.78, 5) is 22.0. The molecule has 0 saturated heterocycles. The van der Waals surface area contributed by atoms with Crippen molar-refractivity contribution in [1.82, 2.24) is 14.5 Å². The minimum absolute atomic E-state index is 0.125. The van der Waals surface area contributed by atoms with E-state index in [0.717, 1.165) is 76.9 Å². The van der Waals surface area contributed by atoms with E-state index in [1.807, 2.05) is 23.4 Å². The highest BCUT2D eigenvalue weighted by atomic mass is 16.3. The van der Waals surface area contributed by atoms with Gasteiger partial charge in [0.25, 0.3) is 0 Å². The Bertz CT molecular complexity index is 2030. The average molecular weight is 731 g/mol. The first kappa shape index (κ1) is 37.7. The van der Waals surface area contributed by atoms with Crippen LogP contribution in [0.15, 0.2) is 146 Å². The van der Waals surface area contributed by atoms with Gasteiger partial charge in [-0.05, 0) is 70.2 Å². The monoisotopic (exact) mass is 730 g/mol. The van der Waals surface area contributed by atoms with Gasteiger partial charge in [-0.1, -0.05) is 168 Å². The minimum Gasteiger partial charge on any atom is -0.508 e. The summed E-state index contributed by atoms with van der Waals surface area (Å²) in [7, 11) is 0. The highest BCUT2D eigenvalue weighted by Gasteiger charge is 2.46. The third kappa shape index (κ3) is 7.55. The maximum absolute atomic E-state index is 15.0. The van der Waals surface area contributed by atoms with E-state index in [1.54, 1.807) is 12.1 Å². The van der Waals surface area contributed by atoms with Crippen LogP contribution >= 0.6 is 0 Å². The molecule has 282 valence electrons. The Morgan fingerprint density at radius 3 is 1.73 bits per heavy atom. The zero-order valence-electron chi connectivity index (χ0n) is 32.7. The largest absolute Gasteiger partial charge is 0.508 e. The summed E-state index contributed by atoms with van der Waals surface area (Å²) in [6, 6.07) is 45.7. The molecule has 0 aliphatic heterocycles. The van der Waals surface area contributed by atoms with Crippen molar-refractivity contribution in [2.75, 3.05) is 11.9 Å². The van der Waals surface area contributed by atoms with Crippen LogP contribution in [0.1, 0.15) is 111 Å². The van der Waals surface area contributed by atoms with Gasteiger partial charge in [0.05, 0.1) is 6.33 Å². The zero-order chi connectivity index (χ0) is 38.4. The predicted octanol–water partition coefficient (Wildman–Crippen LogP) is 11.6. The highest BCUT2D eigenvalue weighted by molar-refractivity contribution is 5.91. The van der Waals surface area contributed by atoms with E-state index in [2.05, 4.69) is 153 Å². The second-order valence-electron chi connectivity index (χ2n) is 15.9. The fourth-order valence-electron chi connectivity index (χ4n) is 8.90. The molecule has 6 aromatic rings. The Morgan fingerprint density at radius 1 is 0.727 bits per heavy atom. The topological polar surface area (TPSA) is 70.4 Å². The van der Waals surface area contributed by atoms with E-state index >= 15 is 4.79 Å². The first-order chi connectivity index (χ1) is 26.7. The quantitative estimate of drug-likeness (QED) is 0.123. The Hall–Kier alpha value is -5.62. The van der Waals surface area contributed by atoms with Gasteiger partial charge in [0, 0.05) is 36.1 Å². The van der Waals surface area contributed by atoms with Crippen LogP contribution in [0.5, 0.6) is 5.75 Å². The lowest BCUT2D eigenvalue weighted by atomic mass is 9.69. The lowest BCUT2D eigenvalue weighted by Gasteiger charge is -2.46. The minimum atomic E-state index is -0.730. The lowest BCUT2D eigenvalue weighted by molar-refractivity contribution is 0.163. The molecule has 2 N–H and O–H groups in total. The third-order valence-electron chi connectivity index (χ3n) is 11.6. The molecular formula is C49H54N4O2. The number of benzene rings is 5. The van der Waals surface area contributed by atoms with Crippen LogP contribution in [0.25, 0.3) is 0 Å². The summed E-state index contributed by atoms with van der Waals surface area (Å²) in [5.74, 6) is 0.681. The van der Waals surface area contributed by atoms with Gasteiger partial charge in [-0.25, -0.2) is 9.78 Å². The van der Waals surface area contributed by atoms with Crippen LogP contribution in [0.3, 0.4) is 0 Å². The number of phenolic OH excluding ortho intramolecular Hbond substituents is 1. The number of aromatic nitrogens is 2. The summed E-state index contributed by atoms with van der Waals surface area (Å²) in [5.41, 5.74) is 7.55. The number of aromatic hydroxyl groups is 1. The number of anilines is 1. The van der Waals surface area contributed by atoms with Crippen molar-refractivity contribution in [3.63, 3.8) is 0 Å². The van der Waals surface area contributed by atoms with Crippen molar-refractivity contribution < 1.29 is 9.90 Å². The van der Waals surface area contributed by atoms with Crippen molar-refractivity contribution in [3.05, 3.63) is 185 Å². The van der Waals surface area contributed by atoms with Crippen molar-refractivity contribution in [2.45, 2.75) is 89.1 Å². The van der Waals surface area contributed by atoms with E-state index in [9.17, 15) is 5.11 Å². The number of imidazole rings is 1. The number of rotatable bonds is 12. The van der Waals surface area contributed by atoms with E-state index in [1.165, 1.54) is 0 Å². The smallest absolute Gasteiger partial charge is 0.322 e. The molecule has 1 aromatic heterocycles. The lowest BCUT2D eigenvalue weighted by Crippen LogP contribution is -2.49. The van der Waals surface area contributed by atoms with E-state index in [4.69, 9.17) is 4.98 Å². The first-order valence-corrected chi connectivity index (χ1v) is 19.9. The van der Waals surface area contributed by atoms with E-state index in [0.29, 0.717) is 13.1 Å². The maximum Gasteiger partial charge on any atom is 0.322 e. The molecule has 1 aliphatic rings. The van der Waals surface area contributed by atoms with Crippen molar-refractivity contribution in [1.29, 1.82) is 0 Å². The predicted molar refractivity (Wildman–Crippen MR) is 224 cm³/mol. The fourth-order valence-corrected chi connectivity index (χ4v) is 8.90. The fraction of sp³-hybridized carbons (Fsp3) is 0.306. The van der Waals surface area contributed by atoms with E-state index in [-0.39, 0.29) is 23.6 Å². The summed E-state index contributed by atoms with van der Waals surface area (Å²) < 4.78 is 2.42. The number of hydrogen-bond acceptors (Lipinski definition) is 3. The molecule has 7 rings (SSSR count). The molecular weight excluding hydrogens is 677 g/mol. The number of phenols is 1. The van der Waals surface area contributed by atoms with Crippen LogP contribution in [-0.2, 0) is 17.5 Å². The molecule has 0 bridgehead atoms. The van der Waals surface area contributed by atoms with Gasteiger partial charge >= 0.3 is 6.03 Å². The van der Waals surface area contributed by atoms with Crippen molar-refractivity contribution >= 4 is 11.7 Å². The molecule has 1 heterocycles. The summed E-state index contributed by atoms with van der Waals surface area (Å²) in [6.45, 7) is 9.62. The van der Waals surface area contributed by atoms with Gasteiger partial charge in [-0.2, -0.15) is 0 Å². The molecule has 55 heavy (non-hydrogen) atoms. The highest BCUT2D eigenvalue weighted by Crippen LogP contribution is 2.47. The molecule has 1 aliphatic carbocycles. The number of carbonyl (C=O) groups is 1. The van der Waals surface area contributed by atoms with E-state index < -0.39 is 11.0 Å². The number of urea groups is 1. The molecule has 0 radical (unpaired) electrons. The normalized spacial score (nSPS) is 14.2. The van der Waals surface area contributed by atoms with Crippen molar-refractivity contribution in [2.24, 2.45) is 0 Å². The Labute approximate surface area is 326 Å². The zero-order valence-corrected chi connectivity index (χ0v) is 32.7. The second kappa shape index (κ2) is 16.4. The molecule has 5 aromatic carbocycles. The molecule has 6 nitrogen and oxygen atoms in total. The van der Waals surface area contributed by atoms with Gasteiger partial charge in [0.15, 0.2) is 0 Å². The number of carbonyl (C=O) groups excluding carboxylic acids is 1. The summed E-state index contributed by atoms with van der Waals surface area (Å²) >= 11 is 0. The SMILES string of the molecule is CC(C)c1cccc(C(C)C)c1NC(=O)N(Cc1ccc(O)cc1)CC1(c2cncn2C(c2ccccc2)(c2ccccc2)c2ccccc2)CCCCC1. The van der Waals surface area contributed by atoms with Gasteiger partial charge in [0.1, 0.15) is 11.3 Å². The van der Waals surface area contributed by atoms with Crippen LogP contribution in [0.2, 0.25) is 0 Å². The molecule has 2 amide bonds. The Kier molecular flexibility index (Phi) is 11.2. The summed E-state index contributed by atoms with van der Waals surface area (Å²) in [6.07, 6.45) is 9.19. The molecule has 1 saturated carbocycles. The van der Waals surface area contributed by atoms with Crippen LogP contribution in [-0.4, -0.2) is 32.1 Å². The third-order valence-corrected chi connectivity index (χ3v) is 11.6. The number of para-hydroxylation sites is 1. The van der Waals surface area contributed by atoms with Gasteiger partial charge < -0.3 is 19.9 Å². The standard InChI is InChI=1S/C49H54N4O2/c1-36(2)43-24-17-25-44(37(3)4)46(43)51-47(55)52(33-38-26-28-42(54)29-27-38)34-48(30-15-8-16-31-48)45-32-50-35-53(45)49(39-18-9-5-10-19-39,40-20-11-6-12-21-40)41-22-13-7-14-23-41/h5-7,9-14,17-29,32,35-37,54H,8,15-16,30-31,33-34H2,1-4H3,(H,51,55). The molecule has 0 unspecified atom stereocenters. The molecule has 1 fully saturated rings. The van der Waals surface area contributed by atoms with Crippen LogP contribution in [0.4, 0.5) is 10.5 Å². The first-order valence-electron chi connectivity index (χ1n) is 19.9. The number of nitrogens with zero attached hydrogens (tertiary/aromatic N) is 3. The summed E-state index contributed by atoms with van der Waals surface area (Å²) in [5, 5.41) is 13.6. The molecule has 0 atom stereocenters. The van der Waals surface area contributed by atoms with Crippen LogP contribution < -0.4 is 5.32 Å². The van der Waals surface area contributed by atoms with Crippen LogP contribution in [0, 0.1) is 0 Å².